The van der Waals surface area contributed by atoms with Gasteiger partial charge in [0.05, 0.1) is 12.6 Å². The van der Waals surface area contributed by atoms with Crippen LogP contribution >= 0.6 is 0 Å². The Kier molecular flexibility index (Phi) is 7.82. The topological polar surface area (TPSA) is 54.0 Å². The van der Waals surface area contributed by atoms with E-state index in [0.29, 0.717) is 13.1 Å². The second-order valence-corrected chi connectivity index (χ2v) is 7.96. The first-order valence-electron chi connectivity index (χ1n) is 10.9. The number of aliphatic hydroxyl groups excluding tert-OH is 1. The minimum Gasteiger partial charge on any atom is -0.388 e. The van der Waals surface area contributed by atoms with E-state index in [0.717, 1.165) is 5.56 Å². The minimum atomic E-state index is -0.763. The summed E-state index contributed by atoms with van der Waals surface area (Å²) >= 11 is 0. The van der Waals surface area contributed by atoms with Gasteiger partial charge in [0.2, 0.25) is 0 Å². The highest BCUT2D eigenvalue weighted by Gasteiger charge is 2.36. The zero-order valence-electron chi connectivity index (χ0n) is 18.1. The van der Waals surface area contributed by atoms with Crippen LogP contribution in [0.4, 0.5) is 0 Å². The molecular formula is C27H30N2O3. The third kappa shape index (κ3) is 5.91. The number of hydrogen-bond acceptors (Lipinski definition) is 5. The summed E-state index contributed by atoms with van der Waals surface area (Å²) in [6.07, 6.45) is 0.0105. The zero-order chi connectivity index (χ0) is 22.2. The lowest BCUT2D eigenvalue weighted by Gasteiger charge is -2.39. The summed E-state index contributed by atoms with van der Waals surface area (Å²) in [6, 6.07) is 30.1. The second kappa shape index (κ2) is 11.2. The number of aliphatic hydroxyl groups is 1. The monoisotopic (exact) mass is 430 g/mol. The average molecular weight is 431 g/mol. The fraction of sp³-hybridized carbons (Fsp3) is 0.259. The molecule has 166 valence electrons. The van der Waals surface area contributed by atoms with Crippen LogP contribution in [0.15, 0.2) is 104 Å². The molecule has 0 saturated carbocycles. The Morgan fingerprint density at radius 2 is 1.44 bits per heavy atom. The van der Waals surface area contributed by atoms with Crippen molar-refractivity contribution in [2.24, 2.45) is 0 Å². The standard InChI is InChI=1S/C27H30N2O3/c1-2-24(26-25(30)20-31-27(32-26)23-16-10-5-11-17-23)28-29(18-21-12-6-3-7-13-21)19-22-14-8-4-9-15-22/h2-17,24-28,30H,1,18-20H2/t24?,25-,26+,27-/m1/s1. The van der Waals surface area contributed by atoms with Gasteiger partial charge in [0.15, 0.2) is 6.29 Å². The largest absolute Gasteiger partial charge is 0.388 e. The molecular weight excluding hydrogens is 400 g/mol. The first kappa shape index (κ1) is 22.4. The van der Waals surface area contributed by atoms with Gasteiger partial charge in [-0.15, -0.1) is 6.58 Å². The van der Waals surface area contributed by atoms with Crippen LogP contribution in [-0.4, -0.2) is 35.0 Å². The van der Waals surface area contributed by atoms with Gasteiger partial charge in [0, 0.05) is 18.7 Å². The van der Waals surface area contributed by atoms with E-state index in [1.54, 1.807) is 6.08 Å². The maximum absolute atomic E-state index is 10.7. The Balaban J connectivity index is 1.51. The molecule has 1 saturated heterocycles. The average Bonchev–Trinajstić information content (AvgIpc) is 2.85. The first-order chi connectivity index (χ1) is 15.7. The van der Waals surface area contributed by atoms with Gasteiger partial charge in [0.25, 0.3) is 0 Å². The van der Waals surface area contributed by atoms with Crippen molar-refractivity contribution in [3.05, 3.63) is 120 Å². The summed E-state index contributed by atoms with van der Waals surface area (Å²) in [5, 5.41) is 12.8. The molecule has 0 aromatic heterocycles. The summed E-state index contributed by atoms with van der Waals surface area (Å²) in [4.78, 5) is 0. The molecule has 3 aromatic rings. The van der Waals surface area contributed by atoms with Crippen LogP contribution in [0.2, 0.25) is 0 Å². The molecule has 1 fully saturated rings. The molecule has 0 spiro atoms. The molecule has 3 aromatic carbocycles. The maximum Gasteiger partial charge on any atom is 0.184 e. The van der Waals surface area contributed by atoms with E-state index in [2.05, 4.69) is 41.3 Å². The Bertz CT molecular complexity index is 911. The molecule has 1 aliphatic heterocycles. The fourth-order valence-corrected chi connectivity index (χ4v) is 3.89. The molecule has 0 bridgehead atoms. The lowest BCUT2D eigenvalue weighted by atomic mass is 10.0. The van der Waals surface area contributed by atoms with E-state index < -0.39 is 18.5 Å². The van der Waals surface area contributed by atoms with Gasteiger partial charge >= 0.3 is 0 Å². The normalized spacial score (nSPS) is 21.9. The highest BCUT2D eigenvalue weighted by Crippen LogP contribution is 2.28. The van der Waals surface area contributed by atoms with Gasteiger partial charge in [-0.3, -0.25) is 0 Å². The Labute approximate surface area is 189 Å². The van der Waals surface area contributed by atoms with Crippen molar-refractivity contribution in [3.63, 3.8) is 0 Å². The molecule has 0 aliphatic carbocycles. The number of nitrogens with one attached hydrogen (secondary N) is 1. The van der Waals surface area contributed by atoms with E-state index in [9.17, 15) is 5.11 Å². The molecule has 0 amide bonds. The van der Waals surface area contributed by atoms with Crippen molar-refractivity contribution in [2.45, 2.75) is 37.6 Å². The first-order valence-corrected chi connectivity index (χ1v) is 10.9. The van der Waals surface area contributed by atoms with Crippen molar-refractivity contribution in [1.82, 2.24) is 10.4 Å². The van der Waals surface area contributed by atoms with E-state index in [1.165, 1.54) is 11.1 Å². The van der Waals surface area contributed by atoms with Gasteiger partial charge < -0.3 is 14.6 Å². The molecule has 4 rings (SSSR count). The number of rotatable bonds is 9. The van der Waals surface area contributed by atoms with E-state index in [1.807, 2.05) is 66.7 Å². The predicted octanol–water partition coefficient (Wildman–Crippen LogP) is 4.22. The molecule has 1 heterocycles. The van der Waals surface area contributed by atoms with Crippen LogP contribution in [-0.2, 0) is 22.6 Å². The summed E-state index contributed by atoms with van der Waals surface area (Å²) in [5.41, 5.74) is 6.85. The maximum atomic E-state index is 10.7. The predicted molar refractivity (Wildman–Crippen MR) is 125 cm³/mol. The van der Waals surface area contributed by atoms with Crippen molar-refractivity contribution in [2.75, 3.05) is 6.61 Å². The highest BCUT2D eigenvalue weighted by molar-refractivity contribution is 5.18. The van der Waals surface area contributed by atoms with Crippen LogP contribution in [0.1, 0.15) is 23.0 Å². The van der Waals surface area contributed by atoms with Gasteiger partial charge in [-0.05, 0) is 11.1 Å². The van der Waals surface area contributed by atoms with Crippen molar-refractivity contribution < 1.29 is 14.6 Å². The number of hydrazine groups is 1. The van der Waals surface area contributed by atoms with Gasteiger partial charge in [-0.2, -0.15) is 0 Å². The molecule has 0 radical (unpaired) electrons. The fourth-order valence-electron chi connectivity index (χ4n) is 3.89. The lowest BCUT2D eigenvalue weighted by Crippen LogP contribution is -2.55. The summed E-state index contributed by atoms with van der Waals surface area (Å²) in [6.45, 7) is 5.61. The van der Waals surface area contributed by atoms with Gasteiger partial charge in [-0.25, -0.2) is 10.4 Å². The molecule has 1 aliphatic rings. The van der Waals surface area contributed by atoms with Crippen molar-refractivity contribution >= 4 is 0 Å². The smallest absolute Gasteiger partial charge is 0.184 e. The molecule has 4 atom stereocenters. The molecule has 32 heavy (non-hydrogen) atoms. The SMILES string of the molecule is C=CC(NN(Cc1ccccc1)Cc1ccccc1)[C@@H]1O[C@H](c2ccccc2)OC[C@H]1O. The van der Waals surface area contributed by atoms with Gasteiger partial charge in [-0.1, -0.05) is 97.1 Å². The Morgan fingerprint density at radius 3 is 1.97 bits per heavy atom. The third-order valence-electron chi connectivity index (χ3n) is 5.52. The number of ether oxygens (including phenoxy) is 2. The van der Waals surface area contributed by atoms with E-state index in [4.69, 9.17) is 9.47 Å². The summed E-state index contributed by atoms with van der Waals surface area (Å²) in [7, 11) is 0. The van der Waals surface area contributed by atoms with Crippen LogP contribution < -0.4 is 5.43 Å². The minimum absolute atomic E-state index is 0.202. The van der Waals surface area contributed by atoms with Crippen LogP contribution in [0.5, 0.6) is 0 Å². The van der Waals surface area contributed by atoms with E-state index in [-0.39, 0.29) is 12.6 Å². The van der Waals surface area contributed by atoms with Crippen LogP contribution in [0, 0.1) is 0 Å². The third-order valence-corrected chi connectivity index (χ3v) is 5.52. The molecule has 5 heteroatoms. The molecule has 5 nitrogen and oxygen atoms in total. The quantitative estimate of drug-likeness (QED) is 0.393. The summed E-state index contributed by atoms with van der Waals surface area (Å²) in [5.74, 6) is 0. The lowest BCUT2D eigenvalue weighted by molar-refractivity contribution is -0.262. The molecule has 2 N–H and O–H groups in total. The van der Waals surface area contributed by atoms with E-state index >= 15 is 0 Å². The number of benzene rings is 3. The number of nitrogens with zero attached hydrogens (tertiary/aromatic N) is 1. The Morgan fingerprint density at radius 1 is 0.906 bits per heavy atom. The van der Waals surface area contributed by atoms with Crippen LogP contribution in [0.25, 0.3) is 0 Å². The van der Waals surface area contributed by atoms with Crippen LogP contribution in [0.3, 0.4) is 0 Å². The second-order valence-electron chi connectivity index (χ2n) is 7.96. The number of hydrogen-bond donors (Lipinski definition) is 2. The zero-order valence-corrected chi connectivity index (χ0v) is 18.1. The Hall–Kier alpha value is -2.80. The van der Waals surface area contributed by atoms with Gasteiger partial charge in [0.1, 0.15) is 12.2 Å². The summed E-state index contributed by atoms with van der Waals surface area (Å²) < 4.78 is 12.0. The van der Waals surface area contributed by atoms with Crippen molar-refractivity contribution in [1.29, 1.82) is 0 Å². The van der Waals surface area contributed by atoms with Crippen molar-refractivity contribution in [3.8, 4) is 0 Å². The molecule has 1 unspecified atom stereocenters. The highest BCUT2D eigenvalue weighted by atomic mass is 16.7.